The molecule has 2 aromatic rings. The molecule has 0 bridgehead atoms. The molecule has 6 heteroatoms. The van der Waals surface area contributed by atoms with Crippen LogP contribution < -0.4 is 0 Å². The van der Waals surface area contributed by atoms with Gasteiger partial charge in [0.05, 0.1) is 11.1 Å². The average molecular weight is 485 g/mol. The summed E-state index contributed by atoms with van der Waals surface area (Å²) in [6, 6.07) is 14.3. The van der Waals surface area contributed by atoms with Crippen molar-refractivity contribution in [3.05, 3.63) is 70.8 Å². The van der Waals surface area contributed by atoms with Crippen molar-refractivity contribution in [2.75, 3.05) is 0 Å². The highest BCUT2D eigenvalue weighted by Gasteiger charge is 2.37. The lowest BCUT2D eigenvalue weighted by Crippen LogP contribution is -2.37. The number of carbonyl (C=O) groups excluding carboxylic acids is 2. The molecule has 6 nitrogen and oxygen atoms in total. The van der Waals surface area contributed by atoms with Gasteiger partial charge in [0.15, 0.2) is 0 Å². The van der Waals surface area contributed by atoms with Crippen LogP contribution in [0.15, 0.2) is 48.5 Å². The number of benzene rings is 2. The fraction of sp³-hybridized carbons (Fsp3) is 0.517. The topological polar surface area (TPSA) is 71.1 Å². The zero-order chi connectivity index (χ0) is 26.4. The minimum Gasteiger partial charge on any atom is -0.290 e. The van der Waals surface area contributed by atoms with Gasteiger partial charge in [0, 0.05) is 5.41 Å². The van der Waals surface area contributed by atoms with Crippen LogP contribution in [0, 0.1) is 5.41 Å². The summed E-state index contributed by atoms with van der Waals surface area (Å²) in [7, 11) is 0. The van der Waals surface area contributed by atoms with Crippen molar-refractivity contribution >= 4 is 11.9 Å². The summed E-state index contributed by atoms with van der Waals surface area (Å²) < 4.78 is 0. The Labute approximate surface area is 209 Å². The van der Waals surface area contributed by atoms with Crippen LogP contribution in [0.5, 0.6) is 0 Å². The van der Waals surface area contributed by atoms with Crippen molar-refractivity contribution in [1.29, 1.82) is 0 Å². The molecule has 2 rings (SSSR count). The highest BCUT2D eigenvalue weighted by Crippen LogP contribution is 2.33. The van der Waals surface area contributed by atoms with Crippen LogP contribution in [0.25, 0.3) is 0 Å². The molecule has 0 atom stereocenters. The fourth-order valence-electron chi connectivity index (χ4n) is 3.32. The molecule has 0 aliphatic rings. The van der Waals surface area contributed by atoms with Gasteiger partial charge in [-0.3, -0.25) is 9.78 Å². The van der Waals surface area contributed by atoms with E-state index in [2.05, 4.69) is 41.5 Å². The summed E-state index contributed by atoms with van der Waals surface area (Å²) >= 11 is 0. The summed E-state index contributed by atoms with van der Waals surface area (Å²) in [5, 5.41) is 0. The van der Waals surface area contributed by atoms with E-state index in [9.17, 15) is 9.59 Å². The van der Waals surface area contributed by atoms with Gasteiger partial charge >= 0.3 is 11.9 Å². The Morgan fingerprint density at radius 1 is 0.629 bits per heavy atom. The SMILES string of the molecule is CCC(C)(CC)C(OOC(=O)c1ccc(C(C)(C)C)cc1)OOC(=O)c1ccc(C(C)(C)C)cc1. The van der Waals surface area contributed by atoms with E-state index in [0.717, 1.165) is 11.1 Å². The van der Waals surface area contributed by atoms with Gasteiger partial charge in [-0.15, -0.1) is 9.78 Å². The van der Waals surface area contributed by atoms with E-state index in [4.69, 9.17) is 19.6 Å². The fourth-order valence-corrected chi connectivity index (χ4v) is 3.32. The molecule has 0 amide bonds. The van der Waals surface area contributed by atoms with Crippen molar-refractivity contribution in [2.24, 2.45) is 5.41 Å². The Morgan fingerprint density at radius 3 is 1.20 bits per heavy atom. The average Bonchev–Trinajstić information content (AvgIpc) is 2.82. The summed E-state index contributed by atoms with van der Waals surface area (Å²) in [6.45, 7) is 18.4. The molecule has 2 aromatic carbocycles. The smallest absolute Gasteiger partial charge is 0.290 e. The first-order chi connectivity index (χ1) is 16.2. The van der Waals surface area contributed by atoms with Crippen LogP contribution in [-0.4, -0.2) is 18.2 Å². The van der Waals surface area contributed by atoms with E-state index in [1.54, 1.807) is 24.3 Å². The van der Waals surface area contributed by atoms with Gasteiger partial charge in [-0.25, -0.2) is 9.59 Å². The predicted molar refractivity (Wildman–Crippen MR) is 136 cm³/mol. The van der Waals surface area contributed by atoms with Gasteiger partial charge in [-0.2, -0.15) is 0 Å². The molecule has 35 heavy (non-hydrogen) atoms. The Kier molecular flexibility index (Phi) is 9.26. The normalized spacial score (nSPS) is 12.5. The molecule has 192 valence electrons. The van der Waals surface area contributed by atoms with Crippen LogP contribution in [-0.2, 0) is 30.4 Å². The molecule has 0 radical (unpaired) electrons. The molecule has 0 saturated carbocycles. The van der Waals surface area contributed by atoms with Crippen molar-refractivity contribution in [1.82, 2.24) is 0 Å². The molecule has 0 heterocycles. The van der Waals surface area contributed by atoms with Crippen LogP contribution in [0.1, 0.15) is 107 Å². The second kappa shape index (κ2) is 11.4. The Bertz CT molecular complexity index is 900. The third-order valence-corrected chi connectivity index (χ3v) is 6.58. The molecule has 0 N–H and O–H groups in total. The highest BCUT2D eigenvalue weighted by molar-refractivity contribution is 5.89. The lowest BCUT2D eigenvalue weighted by atomic mass is 9.84. The van der Waals surface area contributed by atoms with Gasteiger partial charge < -0.3 is 0 Å². The quantitative estimate of drug-likeness (QED) is 0.211. The number of rotatable bonds is 9. The molecule has 0 unspecified atom stereocenters. The van der Waals surface area contributed by atoms with E-state index >= 15 is 0 Å². The Morgan fingerprint density at radius 2 is 0.943 bits per heavy atom. The largest absolute Gasteiger partial charge is 0.373 e. The maximum Gasteiger partial charge on any atom is 0.373 e. The minimum absolute atomic E-state index is 0.0289. The first kappa shape index (κ1) is 28.5. The molecule has 0 aliphatic heterocycles. The molecule has 0 aromatic heterocycles. The van der Waals surface area contributed by atoms with E-state index in [1.807, 2.05) is 45.0 Å². The maximum atomic E-state index is 12.6. The summed E-state index contributed by atoms with van der Waals surface area (Å²) in [5.41, 5.74) is 2.28. The number of hydrogen-bond acceptors (Lipinski definition) is 6. The van der Waals surface area contributed by atoms with Crippen LogP contribution in [0.4, 0.5) is 0 Å². The molecule has 0 aliphatic carbocycles. The molecule has 0 fully saturated rings. The van der Waals surface area contributed by atoms with E-state index in [-0.39, 0.29) is 10.8 Å². The zero-order valence-electron chi connectivity index (χ0n) is 22.6. The van der Waals surface area contributed by atoms with Gasteiger partial charge in [0.25, 0.3) is 6.29 Å². The zero-order valence-corrected chi connectivity index (χ0v) is 22.6. The minimum atomic E-state index is -1.10. The van der Waals surface area contributed by atoms with Crippen molar-refractivity contribution in [3.8, 4) is 0 Å². The van der Waals surface area contributed by atoms with Gasteiger partial charge in [-0.1, -0.05) is 86.6 Å². The summed E-state index contributed by atoms with van der Waals surface area (Å²) in [5.74, 6) is -1.31. The molecular formula is C29H40O6. The van der Waals surface area contributed by atoms with Crippen molar-refractivity contribution in [2.45, 2.75) is 92.3 Å². The second-order valence-electron chi connectivity index (χ2n) is 11.3. The number of carbonyl (C=O) groups is 2. The van der Waals surface area contributed by atoms with Gasteiger partial charge in [0.2, 0.25) is 0 Å². The highest BCUT2D eigenvalue weighted by atomic mass is 17.3. The van der Waals surface area contributed by atoms with Crippen LogP contribution in [0.3, 0.4) is 0 Å². The lowest BCUT2D eigenvalue weighted by molar-refractivity contribution is -0.445. The first-order valence-electron chi connectivity index (χ1n) is 12.2. The summed E-state index contributed by atoms with van der Waals surface area (Å²) in [6.07, 6.45) is 0.182. The molecule has 0 saturated heterocycles. The molecular weight excluding hydrogens is 444 g/mol. The van der Waals surface area contributed by atoms with Crippen LogP contribution >= 0.6 is 0 Å². The van der Waals surface area contributed by atoms with E-state index in [1.165, 1.54) is 0 Å². The Hall–Kier alpha value is -2.70. The lowest BCUT2D eigenvalue weighted by Gasteiger charge is -2.32. The van der Waals surface area contributed by atoms with Gasteiger partial charge in [-0.05, 0) is 59.1 Å². The monoisotopic (exact) mass is 484 g/mol. The van der Waals surface area contributed by atoms with Crippen LogP contribution in [0.2, 0.25) is 0 Å². The summed E-state index contributed by atoms with van der Waals surface area (Å²) in [4.78, 5) is 46.2. The van der Waals surface area contributed by atoms with Crippen molar-refractivity contribution in [3.63, 3.8) is 0 Å². The number of hydrogen-bond donors (Lipinski definition) is 0. The Balaban J connectivity index is 2.07. The standard InChI is InChI=1S/C29H40O6/c1-10-29(9,11-2)26(34-32-24(30)20-12-16-22(17-13-20)27(3,4)5)35-33-25(31)21-14-18-23(19-15-21)28(6,7)8/h12-19,26H,10-11H2,1-9H3. The van der Waals surface area contributed by atoms with Crippen molar-refractivity contribution < 1.29 is 29.1 Å². The predicted octanol–water partition coefficient (Wildman–Crippen LogP) is 7.31. The van der Waals surface area contributed by atoms with E-state index in [0.29, 0.717) is 24.0 Å². The van der Waals surface area contributed by atoms with E-state index < -0.39 is 23.6 Å². The third kappa shape index (κ3) is 7.64. The third-order valence-electron chi connectivity index (χ3n) is 6.58. The second-order valence-corrected chi connectivity index (χ2v) is 11.3. The maximum absolute atomic E-state index is 12.6. The van der Waals surface area contributed by atoms with Gasteiger partial charge in [0.1, 0.15) is 0 Å². The first-order valence-corrected chi connectivity index (χ1v) is 12.2. The molecule has 0 spiro atoms.